The fourth-order valence-corrected chi connectivity index (χ4v) is 4.58. The SMILES string of the molecule is CC(C)(C)OC(=O)NCCOc1cccc(F)c1-c1c(Cl)ccc2c1C[C@@](CN)(c1ccccc1)O2. The highest BCUT2D eigenvalue weighted by molar-refractivity contribution is 6.33. The number of fused-ring (bicyclic) bond motifs is 1. The van der Waals surface area contributed by atoms with Gasteiger partial charge < -0.3 is 25.3 Å². The average molecular weight is 513 g/mol. The van der Waals surface area contributed by atoms with E-state index in [1.54, 1.807) is 45.0 Å². The van der Waals surface area contributed by atoms with E-state index in [4.69, 9.17) is 31.5 Å². The van der Waals surface area contributed by atoms with E-state index in [0.29, 0.717) is 28.5 Å². The summed E-state index contributed by atoms with van der Waals surface area (Å²) in [7, 11) is 0. The van der Waals surface area contributed by atoms with Gasteiger partial charge in [-0.1, -0.05) is 48.0 Å². The fourth-order valence-electron chi connectivity index (χ4n) is 4.30. The van der Waals surface area contributed by atoms with Crippen LogP contribution < -0.4 is 20.5 Å². The highest BCUT2D eigenvalue weighted by Gasteiger charge is 2.42. The second kappa shape index (κ2) is 10.4. The van der Waals surface area contributed by atoms with Crippen LogP contribution in [0.5, 0.6) is 11.5 Å². The highest BCUT2D eigenvalue weighted by Crippen LogP contribution is 2.49. The molecule has 36 heavy (non-hydrogen) atoms. The van der Waals surface area contributed by atoms with Crippen molar-refractivity contribution in [2.24, 2.45) is 5.73 Å². The van der Waals surface area contributed by atoms with Crippen LogP contribution in [0.15, 0.2) is 60.7 Å². The minimum atomic E-state index is -0.785. The Labute approximate surface area is 215 Å². The molecule has 0 aromatic heterocycles. The molecule has 1 atom stereocenters. The first-order valence-corrected chi connectivity index (χ1v) is 12.2. The summed E-state index contributed by atoms with van der Waals surface area (Å²) in [4.78, 5) is 11.9. The minimum absolute atomic E-state index is 0.107. The number of carbonyl (C=O) groups is 1. The van der Waals surface area contributed by atoms with Gasteiger partial charge in [-0.05, 0) is 50.6 Å². The van der Waals surface area contributed by atoms with Gasteiger partial charge in [-0.2, -0.15) is 0 Å². The lowest BCUT2D eigenvalue weighted by Gasteiger charge is -2.27. The Hall–Kier alpha value is -3.29. The summed E-state index contributed by atoms with van der Waals surface area (Å²) >= 11 is 6.65. The summed E-state index contributed by atoms with van der Waals surface area (Å²) in [6.45, 7) is 5.87. The van der Waals surface area contributed by atoms with Crippen molar-refractivity contribution < 1.29 is 23.4 Å². The van der Waals surface area contributed by atoms with Crippen molar-refractivity contribution in [2.45, 2.75) is 38.4 Å². The summed E-state index contributed by atoms with van der Waals surface area (Å²) in [5.74, 6) is 0.429. The van der Waals surface area contributed by atoms with Crippen molar-refractivity contribution in [1.29, 1.82) is 0 Å². The van der Waals surface area contributed by atoms with Crippen molar-refractivity contribution >= 4 is 17.7 Å². The molecule has 190 valence electrons. The number of nitrogens with one attached hydrogen (secondary N) is 1. The Morgan fingerprint density at radius 2 is 1.86 bits per heavy atom. The molecule has 3 N–H and O–H groups in total. The van der Waals surface area contributed by atoms with Crippen LogP contribution in [0.25, 0.3) is 11.1 Å². The van der Waals surface area contributed by atoms with Gasteiger partial charge in [0.25, 0.3) is 0 Å². The Morgan fingerprint density at radius 1 is 1.11 bits per heavy atom. The largest absolute Gasteiger partial charge is 0.491 e. The van der Waals surface area contributed by atoms with Crippen LogP contribution in [-0.2, 0) is 16.8 Å². The van der Waals surface area contributed by atoms with E-state index in [2.05, 4.69) is 5.32 Å². The molecule has 0 spiro atoms. The number of benzene rings is 3. The average Bonchev–Trinajstić information content (AvgIpc) is 3.22. The van der Waals surface area contributed by atoms with E-state index in [1.807, 2.05) is 30.3 Å². The Bertz CT molecular complexity index is 1250. The molecule has 0 saturated heterocycles. The first-order valence-electron chi connectivity index (χ1n) is 11.8. The Kier molecular flexibility index (Phi) is 7.43. The van der Waals surface area contributed by atoms with Crippen LogP contribution in [0.3, 0.4) is 0 Å². The number of rotatable bonds is 7. The molecular formula is C28H30ClFN2O4. The molecule has 1 aliphatic heterocycles. The van der Waals surface area contributed by atoms with Crippen molar-refractivity contribution in [3.8, 4) is 22.6 Å². The predicted molar refractivity (Wildman–Crippen MR) is 138 cm³/mol. The van der Waals surface area contributed by atoms with E-state index in [1.165, 1.54) is 6.07 Å². The first kappa shape index (κ1) is 25.8. The van der Waals surface area contributed by atoms with Crippen LogP contribution in [0.4, 0.5) is 9.18 Å². The monoisotopic (exact) mass is 512 g/mol. The van der Waals surface area contributed by atoms with Crippen LogP contribution in [0.2, 0.25) is 5.02 Å². The van der Waals surface area contributed by atoms with Crippen LogP contribution in [0.1, 0.15) is 31.9 Å². The number of carbonyl (C=O) groups excluding carboxylic acids is 1. The minimum Gasteiger partial charge on any atom is -0.491 e. The number of alkyl carbamates (subject to hydrolysis) is 1. The number of halogens is 2. The van der Waals surface area contributed by atoms with E-state index in [-0.39, 0.29) is 25.3 Å². The lowest BCUT2D eigenvalue weighted by molar-refractivity contribution is 0.0520. The molecule has 3 aromatic rings. The lowest BCUT2D eigenvalue weighted by Crippen LogP contribution is -2.39. The summed E-state index contributed by atoms with van der Waals surface area (Å²) < 4.78 is 32.8. The number of hydrogen-bond donors (Lipinski definition) is 2. The third kappa shape index (κ3) is 5.42. The number of nitrogens with two attached hydrogens (primary N) is 1. The maximum absolute atomic E-state index is 15.3. The summed E-state index contributed by atoms with van der Waals surface area (Å²) in [5, 5.41) is 3.01. The van der Waals surface area contributed by atoms with E-state index >= 15 is 4.39 Å². The smallest absolute Gasteiger partial charge is 0.407 e. The summed E-state index contributed by atoms with van der Waals surface area (Å²) in [6.07, 6.45) is -0.127. The van der Waals surface area contributed by atoms with Gasteiger partial charge in [0.05, 0.1) is 12.1 Å². The third-order valence-electron chi connectivity index (χ3n) is 5.87. The predicted octanol–water partition coefficient (Wildman–Crippen LogP) is 5.84. The molecule has 0 bridgehead atoms. The molecule has 0 radical (unpaired) electrons. The van der Waals surface area contributed by atoms with Crippen molar-refractivity contribution in [1.82, 2.24) is 5.32 Å². The summed E-state index contributed by atoms with van der Waals surface area (Å²) in [5.41, 5.74) is 7.26. The van der Waals surface area contributed by atoms with Gasteiger partial charge in [0.15, 0.2) is 5.60 Å². The van der Waals surface area contributed by atoms with Gasteiger partial charge in [-0.25, -0.2) is 9.18 Å². The molecule has 1 heterocycles. The molecule has 1 amide bonds. The quantitative estimate of drug-likeness (QED) is 0.389. The topological polar surface area (TPSA) is 82.8 Å². The van der Waals surface area contributed by atoms with Gasteiger partial charge in [0, 0.05) is 29.1 Å². The van der Waals surface area contributed by atoms with Crippen molar-refractivity contribution in [3.05, 3.63) is 82.6 Å². The molecule has 1 aliphatic rings. The normalized spacial score (nSPS) is 16.7. The Morgan fingerprint density at radius 3 is 2.56 bits per heavy atom. The maximum Gasteiger partial charge on any atom is 0.407 e. The zero-order chi connectivity index (χ0) is 25.9. The second-order valence-corrected chi connectivity index (χ2v) is 10.0. The molecule has 0 fully saturated rings. The van der Waals surface area contributed by atoms with Gasteiger partial charge in [0.1, 0.15) is 29.5 Å². The van der Waals surface area contributed by atoms with Gasteiger partial charge in [-0.15, -0.1) is 0 Å². The molecular weight excluding hydrogens is 483 g/mol. The molecule has 0 saturated carbocycles. The maximum atomic E-state index is 15.3. The number of ether oxygens (including phenoxy) is 3. The first-order chi connectivity index (χ1) is 17.1. The lowest BCUT2D eigenvalue weighted by atomic mass is 9.86. The van der Waals surface area contributed by atoms with Crippen molar-refractivity contribution in [3.63, 3.8) is 0 Å². The summed E-state index contributed by atoms with van der Waals surface area (Å²) in [6, 6.07) is 17.8. The van der Waals surface area contributed by atoms with Gasteiger partial charge >= 0.3 is 6.09 Å². The van der Waals surface area contributed by atoms with E-state index in [9.17, 15) is 4.79 Å². The second-order valence-electron chi connectivity index (χ2n) is 9.63. The fraction of sp³-hybridized carbons (Fsp3) is 0.321. The van der Waals surface area contributed by atoms with E-state index < -0.39 is 23.1 Å². The molecule has 0 unspecified atom stereocenters. The van der Waals surface area contributed by atoms with E-state index in [0.717, 1.165) is 11.1 Å². The Balaban J connectivity index is 1.62. The molecule has 0 aliphatic carbocycles. The molecule has 8 heteroatoms. The number of hydrogen-bond acceptors (Lipinski definition) is 5. The third-order valence-corrected chi connectivity index (χ3v) is 6.18. The van der Waals surface area contributed by atoms with Crippen molar-refractivity contribution in [2.75, 3.05) is 19.7 Å². The van der Waals surface area contributed by atoms with Gasteiger partial charge in [-0.3, -0.25) is 0 Å². The zero-order valence-electron chi connectivity index (χ0n) is 20.6. The van der Waals surface area contributed by atoms with Crippen LogP contribution in [-0.4, -0.2) is 31.4 Å². The molecule has 6 nitrogen and oxygen atoms in total. The van der Waals surface area contributed by atoms with Crippen LogP contribution >= 0.6 is 11.6 Å². The molecule has 4 rings (SSSR count). The number of amides is 1. The van der Waals surface area contributed by atoms with Crippen LogP contribution in [0, 0.1) is 5.82 Å². The standard InChI is InChI=1S/C28H30ClFN2O4/c1-27(2,3)36-26(33)32-14-15-34-23-11-7-10-21(30)25(23)24-19-16-28(17-31,18-8-5-4-6-9-18)35-22(19)13-12-20(24)29/h4-13H,14-17,31H2,1-3H3,(H,32,33)/t28-/m1/s1. The molecule has 3 aromatic carbocycles. The van der Waals surface area contributed by atoms with Gasteiger partial charge in [0.2, 0.25) is 0 Å². The highest BCUT2D eigenvalue weighted by atomic mass is 35.5. The zero-order valence-corrected chi connectivity index (χ0v) is 21.3.